The maximum absolute atomic E-state index is 14.6. The number of nitrogens with one attached hydrogen (secondary N) is 2. The Morgan fingerprint density at radius 1 is 1.35 bits per heavy atom. The standard InChI is InChI=1S/C19H18ClFN4O/c1-19(2,26)4-3-11-5-13-15(14-9-23-24-18(14)20)10-25(12-7-22-8-12)17(13)6-16(11)21/h5-6,9-10,12,22,26H,7-8H2,1-2H3,(H,23,24). The average Bonchev–Trinajstić information content (AvgIpc) is 3.07. The van der Waals surface area contributed by atoms with Gasteiger partial charge in [-0.3, -0.25) is 5.10 Å². The number of aromatic nitrogens is 3. The van der Waals surface area contributed by atoms with E-state index in [2.05, 4.69) is 31.9 Å². The molecule has 1 aliphatic heterocycles. The summed E-state index contributed by atoms with van der Waals surface area (Å²) in [7, 11) is 0. The molecule has 1 saturated heterocycles. The van der Waals surface area contributed by atoms with E-state index >= 15 is 0 Å². The first-order valence-electron chi connectivity index (χ1n) is 8.33. The molecule has 0 unspecified atom stereocenters. The monoisotopic (exact) mass is 372 g/mol. The molecule has 5 nitrogen and oxygen atoms in total. The zero-order valence-electron chi connectivity index (χ0n) is 14.4. The van der Waals surface area contributed by atoms with Crippen LogP contribution in [0.1, 0.15) is 25.5 Å². The van der Waals surface area contributed by atoms with E-state index < -0.39 is 11.4 Å². The van der Waals surface area contributed by atoms with Gasteiger partial charge >= 0.3 is 0 Å². The Morgan fingerprint density at radius 3 is 2.69 bits per heavy atom. The van der Waals surface area contributed by atoms with Crippen LogP contribution in [0.2, 0.25) is 5.15 Å². The summed E-state index contributed by atoms with van der Waals surface area (Å²) in [6.07, 6.45) is 3.64. The molecule has 3 aromatic rings. The van der Waals surface area contributed by atoms with Gasteiger partial charge in [-0.2, -0.15) is 5.10 Å². The van der Waals surface area contributed by atoms with Crippen molar-refractivity contribution in [1.82, 2.24) is 20.1 Å². The molecule has 0 spiro atoms. The third-order valence-electron chi connectivity index (χ3n) is 4.46. The first-order valence-corrected chi connectivity index (χ1v) is 8.71. The highest BCUT2D eigenvalue weighted by atomic mass is 35.5. The van der Waals surface area contributed by atoms with Crippen LogP contribution in [0.3, 0.4) is 0 Å². The highest BCUT2D eigenvalue weighted by Crippen LogP contribution is 2.37. The predicted octanol–water partition coefficient (Wildman–Crippen LogP) is 3.09. The first-order chi connectivity index (χ1) is 12.3. The summed E-state index contributed by atoms with van der Waals surface area (Å²) >= 11 is 6.23. The zero-order chi connectivity index (χ0) is 18.5. The summed E-state index contributed by atoms with van der Waals surface area (Å²) in [6.45, 7) is 4.80. The van der Waals surface area contributed by atoms with Gasteiger partial charge in [0.05, 0.1) is 23.3 Å². The van der Waals surface area contributed by atoms with Crippen molar-refractivity contribution in [2.24, 2.45) is 0 Å². The Morgan fingerprint density at radius 2 is 2.12 bits per heavy atom. The quantitative estimate of drug-likeness (QED) is 0.606. The van der Waals surface area contributed by atoms with Crippen molar-refractivity contribution in [2.75, 3.05) is 13.1 Å². The van der Waals surface area contributed by atoms with Gasteiger partial charge in [0, 0.05) is 35.8 Å². The number of halogens is 2. The molecule has 2 aromatic heterocycles. The number of aliphatic hydroxyl groups is 1. The number of hydrogen-bond acceptors (Lipinski definition) is 3. The second kappa shape index (κ2) is 6.13. The average molecular weight is 373 g/mol. The summed E-state index contributed by atoms with van der Waals surface area (Å²) < 4.78 is 16.7. The molecule has 0 aliphatic carbocycles. The van der Waals surface area contributed by atoms with Gasteiger partial charge in [-0.25, -0.2) is 4.39 Å². The molecule has 134 valence electrons. The minimum absolute atomic E-state index is 0.241. The molecule has 1 aromatic carbocycles. The van der Waals surface area contributed by atoms with E-state index in [0.29, 0.717) is 5.15 Å². The highest BCUT2D eigenvalue weighted by molar-refractivity contribution is 6.32. The van der Waals surface area contributed by atoms with Crippen molar-refractivity contribution < 1.29 is 9.50 Å². The zero-order valence-corrected chi connectivity index (χ0v) is 15.2. The predicted molar refractivity (Wildman–Crippen MR) is 99.6 cm³/mol. The van der Waals surface area contributed by atoms with Crippen LogP contribution in [0.4, 0.5) is 4.39 Å². The van der Waals surface area contributed by atoms with Crippen molar-refractivity contribution >= 4 is 22.5 Å². The fraction of sp³-hybridized carbons (Fsp3) is 0.316. The van der Waals surface area contributed by atoms with Gasteiger partial charge < -0.3 is 15.0 Å². The Labute approximate surface area is 155 Å². The molecule has 7 heteroatoms. The van der Waals surface area contributed by atoms with E-state index in [0.717, 1.165) is 35.1 Å². The topological polar surface area (TPSA) is 65.9 Å². The van der Waals surface area contributed by atoms with Gasteiger partial charge in [-0.05, 0) is 26.0 Å². The van der Waals surface area contributed by atoms with E-state index in [4.69, 9.17) is 11.6 Å². The molecule has 3 N–H and O–H groups in total. The van der Waals surface area contributed by atoms with Crippen molar-refractivity contribution in [2.45, 2.75) is 25.5 Å². The van der Waals surface area contributed by atoms with Gasteiger partial charge in [-0.1, -0.05) is 23.4 Å². The van der Waals surface area contributed by atoms with E-state index in [-0.39, 0.29) is 11.6 Å². The van der Waals surface area contributed by atoms with Crippen molar-refractivity contribution in [1.29, 1.82) is 0 Å². The maximum atomic E-state index is 14.6. The number of hydrogen-bond donors (Lipinski definition) is 3. The van der Waals surface area contributed by atoms with E-state index in [1.165, 1.54) is 6.07 Å². The van der Waals surface area contributed by atoms with Gasteiger partial charge in [0.1, 0.15) is 16.6 Å². The van der Waals surface area contributed by atoms with Crippen LogP contribution in [-0.2, 0) is 0 Å². The second-order valence-electron chi connectivity index (χ2n) is 7.02. The van der Waals surface area contributed by atoms with Crippen LogP contribution in [0, 0.1) is 17.7 Å². The fourth-order valence-corrected chi connectivity index (χ4v) is 3.23. The van der Waals surface area contributed by atoms with Crippen molar-refractivity contribution in [3.8, 4) is 23.0 Å². The van der Waals surface area contributed by atoms with Crippen LogP contribution in [0.5, 0.6) is 0 Å². The van der Waals surface area contributed by atoms with Crippen LogP contribution in [0.25, 0.3) is 22.0 Å². The normalized spacial score (nSPS) is 15.0. The van der Waals surface area contributed by atoms with E-state index in [1.54, 1.807) is 26.1 Å². The molecule has 1 fully saturated rings. The van der Waals surface area contributed by atoms with Crippen LogP contribution in [-0.4, -0.2) is 38.6 Å². The lowest BCUT2D eigenvalue weighted by Crippen LogP contribution is -2.43. The first kappa shape index (κ1) is 17.1. The molecule has 4 rings (SSSR count). The van der Waals surface area contributed by atoms with Gasteiger partial charge in [-0.15, -0.1) is 0 Å². The highest BCUT2D eigenvalue weighted by Gasteiger charge is 2.24. The SMILES string of the molecule is CC(C)(O)C#Cc1cc2c(-c3cn[nH]c3Cl)cn(C3CNC3)c2cc1F. The Bertz CT molecular complexity index is 1050. The number of nitrogens with zero attached hydrogens (tertiary/aromatic N) is 2. The molecule has 26 heavy (non-hydrogen) atoms. The number of rotatable bonds is 2. The molecule has 0 atom stereocenters. The number of benzene rings is 1. The number of aromatic amines is 1. The van der Waals surface area contributed by atoms with Gasteiger partial charge in [0.25, 0.3) is 0 Å². The van der Waals surface area contributed by atoms with Crippen molar-refractivity contribution in [3.05, 3.63) is 41.1 Å². The second-order valence-corrected chi connectivity index (χ2v) is 7.40. The molecular formula is C19H18ClFN4O. The lowest BCUT2D eigenvalue weighted by molar-refractivity contribution is 0.143. The fourth-order valence-electron chi connectivity index (χ4n) is 3.03. The Balaban J connectivity index is 1.95. The van der Waals surface area contributed by atoms with Crippen molar-refractivity contribution in [3.63, 3.8) is 0 Å². The summed E-state index contributed by atoms with van der Waals surface area (Å²) in [4.78, 5) is 0. The third-order valence-corrected chi connectivity index (χ3v) is 4.75. The van der Waals surface area contributed by atoms with Crippen LogP contribution in [0.15, 0.2) is 24.5 Å². The summed E-state index contributed by atoms with van der Waals surface area (Å²) in [5.41, 5.74) is 1.47. The third kappa shape index (κ3) is 2.99. The van der Waals surface area contributed by atoms with Crippen LogP contribution >= 0.6 is 11.6 Å². The van der Waals surface area contributed by atoms with Gasteiger partial charge in [0.15, 0.2) is 0 Å². The molecule has 0 radical (unpaired) electrons. The maximum Gasteiger partial charge on any atom is 0.140 e. The molecular weight excluding hydrogens is 355 g/mol. The van der Waals surface area contributed by atoms with Gasteiger partial charge in [0.2, 0.25) is 0 Å². The molecule has 1 aliphatic rings. The van der Waals surface area contributed by atoms with Crippen LogP contribution < -0.4 is 5.32 Å². The summed E-state index contributed by atoms with van der Waals surface area (Å²) in [6, 6.07) is 3.48. The Kier molecular flexibility index (Phi) is 4.03. The Hall–Kier alpha value is -2.33. The number of fused-ring (bicyclic) bond motifs is 1. The lowest BCUT2D eigenvalue weighted by atomic mass is 10.0. The molecule has 3 heterocycles. The molecule has 0 bridgehead atoms. The smallest absolute Gasteiger partial charge is 0.140 e. The summed E-state index contributed by atoms with van der Waals surface area (Å²) in [5, 5.41) is 21.0. The lowest BCUT2D eigenvalue weighted by Gasteiger charge is -2.29. The summed E-state index contributed by atoms with van der Waals surface area (Å²) in [5.74, 6) is 5.00. The minimum Gasteiger partial charge on any atom is -0.378 e. The molecule has 0 amide bonds. The minimum atomic E-state index is -1.19. The molecule has 0 saturated carbocycles. The number of H-pyrrole nitrogens is 1. The van der Waals surface area contributed by atoms with E-state index in [9.17, 15) is 9.50 Å². The van der Waals surface area contributed by atoms with E-state index in [1.807, 2.05) is 6.20 Å². The largest absolute Gasteiger partial charge is 0.378 e.